The number of hydrogen-bond donors (Lipinski definition) is 0. The molecule has 5 nitrogen and oxygen atoms in total. The number of ether oxygens (including phenoxy) is 3. The molecule has 30 heavy (non-hydrogen) atoms. The van der Waals surface area contributed by atoms with Crippen LogP contribution in [0.4, 0.5) is 0 Å². The Hall–Kier alpha value is -2.79. The van der Waals surface area contributed by atoms with E-state index in [4.69, 9.17) is 14.2 Å². The summed E-state index contributed by atoms with van der Waals surface area (Å²) in [6, 6.07) is 12.3. The van der Waals surface area contributed by atoms with E-state index in [9.17, 15) is 0 Å². The lowest BCUT2D eigenvalue weighted by Gasteiger charge is -2.14. The van der Waals surface area contributed by atoms with Crippen molar-refractivity contribution < 1.29 is 19.0 Å². The molecule has 0 fully saturated rings. The number of allylic oxidation sites excluding steroid dienone is 1. The van der Waals surface area contributed by atoms with Gasteiger partial charge < -0.3 is 19.0 Å². The Kier molecular flexibility index (Phi) is 10.5. The van der Waals surface area contributed by atoms with Gasteiger partial charge in [-0.15, -0.1) is 0 Å². The molecule has 0 aliphatic heterocycles. The number of benzene rings is 2. The van der Waals surface area contributed by atoms with Crippen LogP contribution >= 0.6 is 0 Å². The standard InChI is InChI=1S/C25H33NO4/c1-5-6-14-29-24-17-20(2)25(21(3)18-24)30-16-15-28-13-7-8-22-9-11-23(12-10-22)19-26-27-4/h5-6,9-12,17-19H,7-8,13-16H2,1-4H3/b6-5+,26-19?. The highest BCUT2D eigenvalue weighted by Crippen LogP contribution is 2.28. The van der Waals surface area contributed by atoms with Crippen LogP contribution in [0.15, 0.2) is 53.7 Å². The highest BCUT2D eigenvalue weighted by molar-refractivity contribution is 5.79. The Balaban J connectivity index is 1.65. The lowest BCUT2D eigenvalue weighted by atomic mass is 10.1. The van der Waals surface area contributed by atoms with Crippen molar-refractivity contribution in [3.63, 3.8) is 0 Å². The van der Waals surface area contributed by atoms with Gasteiger partial charge >= 0.3 is 0 Å². The molecule has 0 aliphatic rings. The monoisotopic (exact) mass is 411 g/mol. The molecular formula is C25H33NO4. The summed E-state index contributed by atoms with van der Waals surface area (Å²) in [5.41, 5.74) is 4.46. The van der Waals surface area contributed by atoms with Gasteiger partial charge in [0.25, 0.3) is 0 Å². The summed E-state index contributed by atoms with van der Waals surface area (Å²) in [6.07, 6.45) is 7.61. The molecule has 0 saturated heterocycles. The van der Waals surface area contributed by atoms with Crippen LogP contribution in [-0.4, -0.2) is 39.8 Å². The average Bonchev–Trinajstić information content (AvgIpc) is 2.74. The molecule has 0 saturated carbocycles. The second-order valence-corrected chi connectivity index (χ2v) is 6.99. The zero-order valence-corrected chi connectivity index (χ0v) is 18.5. The van der Waals surface area contributed by atoms with Crippen molar-refractivity contribution in [1.29, 1.82) is 0 Å². The molecule has 0 atom stereocenters. The predicted octanol–water partition coefficient (Wildman–Crippen LogP) is 5.27. The molecule has 0 aliphatic carbocycles. The van der Waals surface area contributed by atoms with Crippen molar-refractivity contribution in [2.45, 2.75) is 33.6 Å². The molecule has 0 amide bonds. The summed E-state index contributed by atoms with van der Waals surface area (Å²) in [4.78, 5) is 4.69. The first-order chi connectivity index (χ1) is 14.6. The lowest BCUT2D eigenvalue weighted by Crippen LogP contribution is -2.09. The van der Waals surface area contributed by atoms with Gasteiger partial charge in [-0.05, 0) is 68.0 Å². The largest absolute Gasteiger partial charge is 0.491 e. The van der Waals surface area contributed by atoms with Crippen LogP contribution in [-0.2, 0) is 16.0 Å². The number of rotatable bonds is 13. The quantitative estimate of drug-likeness (QED) is 0.195. The maximum Gasteiger partial charge on any atom is 0.125 e. The van der Waals surface area contributed by atoms with Gasteiger partial charge in [0.2, 0.25) is 0 Å². The normalized spacial score (nSPS) is 11.3. The summed E-state index contributed by atoms with van der Waals surface area (Å²) < 4.78 is 17.4. The minimum absolute atomic E-state index is 0.536. The van der Waals surface area contributed by atoms with E-state index < -0.39 is 0 Å². The molecule has 2 aromatic carbocycles. The Morgan fingerprint density at radius 3 is 2.33 bits per heavy atom. The molecule has 2 aromatic rings. The van der Waals surface area contributed by atoms with Gasteiger partial charge in [0, 0.05) is 6.61 Å². The van der Waals surface area contributed by atoms with E-state index in [0.29, 0.717) is 26.4 Å². The first-order valence-electron chi connectivity index (χ1n) is 10.3. The first kappa shape index (κ1) is 23.5. The molecule has 162 valence electrons. The van der Waals surface area contributed by atoms with Crippen molar-refractivity contribution in [1.82, 2.24) is 0 Å². The van der Waals surface area contributed by atoms with E-state index in [1.165, 1.54) is 12.7 Å². The first-order valence-corrected chi connectivity index (χ1v) is 10.3. The number of aryl methyl sites for hydroxylation is 3. The van der Waals surface area contributed by atoms with E-state index >= 15 is 0 Å². The van der Waals surface area contributed by atoms with Crippen LogP contribution in [0.1, 0.15) is 35.6 Å². The highest BCUT2D eigenvalue weighted by atomic mass is 16.6. The van der Waals surface area contributed by atoms with Gasteiger partial charge in [0.1, 0.15) is 31.8 Å². The van der Waals surface area contributed by atoms with Crippen LogP contribution in [0.3, 0.4) is 0 Å². The third-order valence-electron chi connectivity index (χ3n) is 4.53. The Labute approximate surface area is 180 Å². The molecule has 5 heteroatoms. The van der Waals surface area contributed by atoms with Gasteiger partial charge in [0.05, 0.1) is 12.8 Å². The van der Waals surface area contributed by atoms with Crippen LogP contribution < -0.4 is 9.47 Å². The molecule has 2 rings (SSSR count). The molecule has 0 heterocycles. The fraction of sp³-hybridized carbons (Fsp3) is 0.400. The summed E-state index contributed by atoms with van der Waals surface area (Å²) in [6.45, 7) is 8.47. The Bertz CT molecular complexity index is 789. The fourth-order valence-corrected chi connectivity index (χ4v) is 3.03. The molecule has 0 unspecified atom stereocenters. The molecule has 0 N–H and O–H groups in total. The minimum Gasteiger partial charge on any atom is -0.491 e. The van der Waals surface area contributed by atoms with Crippen LogP contribution in [0.2, 0.25) is 0 Å². The smallest absolute Gasteiger partial charge is 0.125 e. The summed E-state index contributed by atoms with van der Waals surface area (Å²) in [5, 5.41) is 3.76. The molecule has 0 radical (unpaired) electrons. The van der Waals surface area contributed by atoms with E-state index in [-0.39, 0.29) is 0 Å². The third-order valence-corrected chi connectivity index (χ3v) is 4.53. The van der Waals surface area contributed by atoms with Crippen molar-refractivity contribution in [2.24, 2.45) is 5.16 Å². The van der Waals surface area contributed by atoms with Gasteiger partial charge in [-0.2, -0.15) is 0 Å². The molecule has 0 aromatic heterocycles. The van der Waals surface area contributed by atoms with Crippen molar-refractivity contribution in [2.75, 3.05) is 33.5 Å². The topological polar surface area (TPSA) is 49.3 Å². The van der Waals surface area contributed by atoms with Gasteiger partial charge in [-0.3, -0.25) is 0 Å². The van der Waals surface area contributed by atoms with Crippen molar-refractivity contribution >= 4 is 6.21 Å². The van der Waals surface area contributed by atoms with Crippen molar-refractivity contribution in [3.8, 4) is 11.5 Å². The molecule has 0 bridgehead atoms. The van der Waals surface area contributed by atoms with E-state index in [0.717, 1.165) is 41.0 Å². The zero-order valence-electron chi connectivity index (χ0n) is 18.5. The maximum absolute atomic E-state index is 5.94. The summed E-state index contributed by atoms with van der Waals surface area (Å²) in [5.74, 6) is 1.78. The van der Waals surface area contributed by atoms with Crippen LogP contribution in [0, 0.1) is 13.8 Å². The predicted molar refractivity (Wildman–Crippen MR) is 122 cm³/mol. The number of nitrogens with zero attached hydrogens (tertiary/aromatic N) is 1. The Morgan fingerprint density at radius 1 is 0.933 bits per heavy atom. The minimum atomic E-state index is 0.536. The van der Waals surface area contributed by atoms with Gasteiger partial charge in [-0.1, -0.05) is 41.6 Å². The number of oxime groups is 1. The number of hydrogen-bond acceptors (Lipinski definition) is 5. The average molecular weight is 412 g/mol. The SMILES string of the molecule is C/C=C/COc1cc(C)c(OCCOCCCc2ccc(C=NOC)cc2)c(C)c1. The molecule has 0 spiro atoms. The second-order valence-electron chi connectivity index (χ2n) is 6.99. The summed E-state index contributed by atoms with van der Waals surface area (Å²) in [7, 11) is 1.54. The highest BCUT2D eigenvalue weighted by Gasteiger charge is 2.07. The Morgan fingerprint density at radius 2 is 1.67 bits per heavy atom. The van der Waals surface area contributed by atoms with Crippen LogP contribution in [0.25, 0.3) is 0 Å². The fourth-order valence-electron chi connectivity index (χ4n) is 3.03. The molecular weight excluding hydrogens is 378 g/mol. The third kappa shape index (κ3) is 8.29. The van der Waals surface area contributed by atoms with Crippen molar-refractivity contribution in [3.05, 3.63) is 70.8 Å². The van der Waals surface area contributed by atoms with Gasteiger partial charge in [-0.25, -0.2) is 0 Å². The van der Waals surface area contributed by atoms with E-state index in [1.54, 1.807) is 6.21 Å². The summed E-state index contributed by atoms with van der Waals surface area (Å²) >= 11 is 0. The van der Waals surface area contributed by atoms with E-state index in [2.05, 4.69) is 22.1 Å². The lowest BCUT2D eigenvalue weighted by molar-refractivity contribution is 0.0980. The van der Waals surface area contributed by atoms with E-state index in [1.807, 2.05) is 57.2 Å². The maximum atomic E-state index is 5.94. The van der Waals surface area contributed by atoms with Gasteiger partial charge in [0.15, 0.2) is 0 Å². The second kappa shape index (κ2) is 13.4. The zero-order chi connectivity index (χ0) is 21.6. The van der Waals surface area contributed by atoms with Crippen LogP contribution in [0.5, 0.6) is 11.5 Å².